The molecule has 0 N–H and O–H groups in total. The predicted molar refractivity (Wildman–Crippen MR) is 96.0 cm³/mol. The molecule has 1 amide bonds. The molecule has 1 unspecified atom stereocenters. The molecule has 8 heteroatoms. The van der Waals surface area contributed by atoms with E-state index in [1.54, 1.807) is 25.3 Å². The molecule has 7 nitrogen and oxygen atoms in total. The van der Waals surface area contributed by atoms with Crippen LogP contribution < -0.4 is 9.64 Å². The van der Waals surface area contributed by atoms with Crippen LogP contribution in [0.2, 0.25) is 0 Å². The number of ether oxygens (including phenoxy) is 1. The molecule has 1 atom stereocenters. The molecular weight excluding hydrogens is 342 g/mol. The van der Waals surface area contributed by atoms with Gasteiger partial charge >= 0.3 is 0 Å². The number of nitrogens with zero attached hydrogens (tertiary/aromatic N) is 5. The number of benzene rings is 2. The highest BCUT2D eigenvalue weighted by molar-refractivity contribution is 6.70. The minimum Gasteiger partial charge on any atom is -0.497 e. The minimum absolute atomic E-state index is 0.138. The normalized spacial score (nSPS) is 16.4. The Morgan fingerprint density at radius 2 is 2.00 bits per heavy atom. The van der Waals surface area contributed by atoms with Gasteiger partial charge in [-0.2, -0.15) is 0 Å². The Labute approximate surface area is 149 Å². The average Bonchev–Trinajstić information content (AvgIpc) is 2.74. The summed E-state index contributed by atoms with van der Waals surface area (Å²) >= 11 is 6.23. The fraction of sp³-hybridized carbons (Fsp3) is 0.176. The molecule has 0 aliphatic carbocycles. The Hall–Kier alpha value is -3.02. The monoisotopic (exact) mass is 355 g/mol. The van der Waals surface area contributed by atoms with Gasteiger partial charge < -0.3 is 9.64 Å². The van der Waals surface area contributed by atoms with Crippen LogP contribution in [0.15, 0.2) is 58.6 Å². The maximum atomic E-state index is 12.8. The number of hydrogen-bond acceptors (Lipinski definition) is 4. The van der Waals surface area contributed by atoms with Gasteiger partial charge in [0.25, 0.3) is 5.91 Å². The maximum Gasteiger partial charge on any atom is 0.258 e. The van der Waals surface area contributed by atoms with Crippen molar-refractivity contribution in [3.8, 4) is 5.75 Å². The number of aliphatic imine (C=N–C) groups is 1. The first-order chi connectivity index (χ1) is 12.1. The molecule has 0 bridgehead atoms. The highest BCUT2D eigenvalue weighted by Gasteiger charge is 2.30. The molecule has 1 heterocycles. The Morgan fingerprint density at radius 1 is 1.28 bits per heavy atom. The number of rotatable bonds is 4. The smallest absolute Gasteiger partial charge is 0.258 e. The van der Waals surface area contributed by atoms with Crippen LogP contribution in [0.3, 0.4) is 0 Å². The number of benzodiazepines with no additional fused rings is 1. The lowest BCUT2D eigenvalue weighted by Crippen LogP contribution is -2.36. The lowest BCUT2D eigenvalue weighted by atomic mass is 10.1. The summed E-state index contributed by atoms with van der Waals surface area (Å²) in [7, 11) is 1.59. The van der Waals surface area contributed by atoms with Gasteiger partial charge in [-0.15, -0.1) is 0 Å². The van der Waals surface area contributed by atoms with Crippen LogP contribution in [-0.2, 0) is 11.3 Å². The molecule has 126 valence electrons. The van der Waals surface area contributed by atoms with Gasteiger partial charge in [0.15, 0.2) is 0 Å². The number of carbonyl (C=O) groups excluding carboxylic acids is 1. The van der Waals surface area contributed by atoms with E-state index in [0.717, 1.165) is 11.3 Å². The lowest BCUT2D eigenvalue weighted by molar-refractivity contribution is -0.119. The quantitative estimate of drug-likeness (QED) is 0.473. The van der Waals surface area contributed by atoms with E-state index in [4.69, 9.17) is 21.9 Å². The van der Waals surface area contributed by atoms with Gasteiger partial charge in [0.2, 0.25) is 6.17 Å². The van der Waals surface area contributed by atoms with Gasteiger partial charge in [0.05, 0.1) is 19.3 Å². The topological polar surface area (TPSA) is 90.7 Å². The van der Waals surface area contributed by atoms with Gasteiger partial charge in [-0.25, -0.2) is 0 Å². The van der Waals surface area contributed by atoms with Crippen molar-refractivity contribution < 1.29 is 9.53 Å². The van der Waals surface area contributed by atoms with Crippen molar-refractivity contribution >= 4 is 28.4 Å². The van der Waals surface area contributed by atoms with Crippen LogP contribution in [0.1, 0.15) is 11.1 Å². The number of carbonyl (C=O) groups is 1. The molecular formula is C17H14ClN5O2. The van der Waals surface area contributed by atoms with Gasteiger partial charge in [-0.3, -0.25) is 9.79 Å². The van der Waals surface area contributed by atoms with Crippen molar-refractivity contribution in [2.45, 2.75) is 12.7 Å². The Balaban J connectivity index is 2.03. The minimum atomic E-state index is -1.23. The summed E-state index contributed by atoms with van der Waals surface area (Å²) in [5.74, 6) is 0.293. The lowest BCUT2D eigenvalue weighted by Gasteiger charge is -2.24. The van der Waals surface area contributed by atoms with Crippen molar-refractivity contribution in [1.29, 1.82) is 0 Å². The number of halogens is 1. The highest BCUT2D eigenvalue weighted by Crippen LogP contribution is 2.29. The van der Waals surface area contributed by atoms with Crippen molar-refractivity contribution in [1.82, 2.24) is 0 Å². The first kappa shape index (κ1) is 16.8. The summed E-state index contributed by atoms with van der Waals surface area (Å²) in [6, 6.07) is 14.5. The molecule has 1 aliphatic heterocycles. The Morgan fingerprint density at radius 3 is 2.68 bits per heavy atom. The highest BCUT2D eigenvalue weighted by atomic mass is 35.5. The van der Waals surface area contributed by atoms with E-state index in [1.807, 2.05) is 30.3 Å². The average molecular weight is 356 g/mol. The number of fused-ring (bicyclic) bond motifs is 1. The van der Waals surface area contributed by atoms with E-state index in [1.165, 1.54) is 4.90 Å². The van der Waals surface area contributed by atoms with E-state index >= 15 is 0 Å². The van der Waals surface area contributed by atoms with E-state index in [2.05, 4.69) is 15.0 Å². The third kappa shape index (κ3) is 3.42. The zero-order valence-corrected chi connectivity index (χ0v) is 14.1. The van der Waals surface area contributed by atoms with Gasteiger partial charge in [-0.1, -0.05) is 41.0 Å². The number of amides is 1. The Kier molecular flexibility index (Phi) is 4.88. The summed E-state index contributed by atoms with van der Waals surface area (Å²) in [4.78, 5) is 21.1. The molecule has 0 radical (unpaired) electrons. The molecule has 0 saturated carbocycles. The second-order valence-electron chi connectivity index (χ2n) is 5.29. The van der Waals surface area contributed by atoms with E-state index < -0.39 is 12.1 Å². The predicted octanol–water partition coefficient (Wildman–Crippen LogP) is 3.86. The first-order valence-electron chi connectivity index (χ1n) is 7.45. The van der Waals surface area contributed by atoms with Crippen molar-refractivity contribution in [3.05, 3.63) is 70.1 Å². The molecule has 3 rings (SSSR count). The van der Waals surface area contributed by atoms with Gasteiger partial charge in [0.1, 0.15) is 10.9 Å². The number of hydrogen-bond donors (Lipinski definition) is 0. The molecule has 25 heavy (non-hydrogen) atoms. The Bertz CT molecular complexity index is 875. The molecule has 0 fully saturated rings. The second-order valence-corrected chi connectivity index (χ2v) is 5.65. The fourth-order valence-electron chi connectivity index (χ4n) is 2.57. The number of azide groups is 1. The molecule has 1 aliphatic rings. The zero-order valence-electron chi connectivity index (χ0n) is 13.3. The van der Waals surface area contributed by atoms with Gasteiger partial charge in [-0.05, 0) is 35.4 Å². The fourth-order valence-corrected chi connectivity index (χ4v) is 2.83. The summed E-state index contributed by atoms with van der Waals surface area (Å²) < 4.78 is 5.15. The third-order valence-corrected chi connectivity index (χ3v) is 4.10. The van der Waals surface area contributed by atoms with Crippen molar-refractivity contribution in [2.24, 2.45) is 10.1 Å². The zero-order chi connectivity index (χ0) is 17.8. The summed E-state index contributed by atoms with van der Waals surface area (Å²) in [6.07, 6.45) is -1.23. The van der Waals surface area contributed by atoms with Crippen LogP contribution in [0.5, 0.6) is 5.75 Å². The van der Waals surface area contributed by atoms with Crippen LogP contribution in [0.4, 0.5) is 5.69 Å². The van der Waals surface area contributed by atoms with Crippen LogP contribution in [-0.4, -0.2) is 24.4 Å². The van der Waals surface area contributed by atoms with E-state index in [0.29, 0.717) is 11.3 Å². The van der Waals surface area contributed by atoms with Crippen molar-refractivity contribution in [3.63, 3.8) is 0 Å². The third-order valence-electron chi connectivity index (χ3n) is 3.80. The SMILES string of the molecule is COc1ccc(CN2C(=O)C(N=[N+]=[N-])N=C(Cl)c3ccccc32)cc1. The molecule has 0 aromatic heterocycles. The maximum absolute atomic E-state index is 12.8. The van der Waals surface area contributed by atoms with Crippen LogP contribution in [0, 0.1) is 0 Å². The molecule has 0 spiro atoms. The second kappa shape index (κ2) is 7.25. The first-order valence-corrected chi connectivity index (χ1v) is 7.83. The van der Waals surface area contributed by atoms with Crippen molar-refractivity contribution in [2.75, 3.05) is 12.0 Å². The van der Waals surface area contributed by atoms with E-state index in [-0.39, 0.29) is 11.7 Å². The largest absolute Gasteiger partial charge is 0.497 e. The van der Waals surface area contributed by atoms with E-state index in [9.17, 15) is 4.79 Å². The molecule has 2 aromatic carbocycles. The summed E-state index contributed by atoms with van der Waals surface area (Å²) in [6.45, 7) is 0.289. The number of para-hydroxylation sites is 1. The standard InChI is InChI=1S/C17H14ClN5O2/c1-25-12-8-6-11(7-9-12)10-23-14-5-3-2-4-13(14)15(18)20-16(17(23)24)21-22-19/h2-9,16H,10H2,1H3. The molecule has 0 saturated heterocycles. The number of anilines is 1. The van der Waals surface area contributed by atoms with Crippen LogP contribution >= 0.6 is 11.6 Å². The number of methoxy groups -OCH3 is 1. The van der Waals surface area contributed by atoms with Gasteiger partial charge in [0, 0.05) is 10.5 Å². The molecule has 2 aromatic rings. The summed E-state index contributed by atoms with van der Waals surface area (Å²) in [5.41, 5.74) is 10.8. The summed E-state index contributed by atoms with van der Waals surface area (Å²) in [5, 5.41) is 3.61. The van der Waals surface area contributed by atoms with Crippen LogP contribution in [0.25, 0.3) is 10.4 Å².